The summed E-state index contributed by atoms with van der Waals surface area (Å²) in [6.45, 7) is 6.04. The Labute approximate surface area is 143 Å². The molecule has 1 aliphatic heterocycles. The molecule has 0 spiro atoms. The van der Waals surface area contributed by atoms with E-state index >= 15 is 0 Å². The molecule has 7 nitrogen and oxygen atoms in total. The summed E-state index contributed by atoms with van der Waals surface area (Å²) in [6.07, 6.45) is 2.17. The number of anilines is 1. The summed E-state index contributed by atoms with van der Waals surface area (Å²) in [6, 6.07) is 4.75. The van der Waals surface area contributed by atoms with Crippen LogP contribution in [0, 0.1) is 0 Å². The Morgan fingerprint density at radius 3 is 2.79 bits per heavy atom. The Kier molecular flexibility index (Phi) is 6.20. The predicted molar refractivity (Wildman–Crippen MR) is 91.9 cm³/mol. The Morgan fingerprint density at radius 2 is 2.17 bits per heavy atom. The number of nitrogens with one attached hydrogen (secondary N) is 3. The Balaban J connectivity index is 2.12. The van der Waals surface area contributed by atoms with Crippen molar-refractivity contribution in [3.63, 3.8) is 0 Å². The minimum absolute atomic E-state index is 0.129. The summed E-state index contributed by atoms with van der Waals surface area (Å²) in [4.78, 5) is 12.7. The zero-order valence-corrected chi connectivity index (χ0v) is 15.2. The number of quaternary nitrogens is 1. The molecule has 1 aromatic rings. The number of likely N-dealkylation sites (N-methyl/N-ethyl adjacent to an activating group) is 1. The van der Waals surface area contributed by atoms with Crippen LogP contribution in [0.4, 0.5) is 5.69 Å². The first-order valence-corrected chi connectivity index (χ1v) is 9.65. The molecular weight excluding hydrogens is 330 g/mol. The highest BCUT2D eigenvalue weighted by molar-refractivity contribution is 7.89. The van der Waals surface area contributed by atoms with Crippen LogP contribution in [0.3, 0.4) is 0 Å². The topological polar surface area (TPSA) is 88.9 Å². The SMILES string of the molecule is CC[NH+]1CCC[C@@H]1CNS(=O)(=O)c1ccc(NC(C)=O)c(OC)c1. The average Bonchev–Trinajstić information content (AvgIpc) is 3.00. The number of benzene rings is 1. The van der Waals surface area contributed by atoms with Crippen molar-refractivity contribution in [2.24, 2.45) is 0 Å². The lowest BCUT2D eigenvalue weighted by Gasteiger charge is -2.20. The van der Waals surface area contributed by atoms with Crippen LogP contribution in [0.25, 0.3) is 0 Å². The van der Waals surface area contributed by atoms with Gasteiger partial charge in [-0.05, 0) is 19.1 Å². The molecule has 134 valence electrons. The van der Waals surface area contributed by atoms with Crippen LogP contribution in [-0.4, -0.2) is 47.1 Å². The number of methoxy groups -OCH3 is 1. The fourth-order valence-corrected chi connectivity index (χ4v) is 4.22. The molecule has 1 amide bonds. The van der Waals surface area contributed by atoms with Gasteiger partial charge in [0.25, 0.3) is 0 Å². The largest absolute Gasteiger partial charge is 0.495 e. The summed E-state index contributed by atoms with van der Waals surface area (Å²) >= 11 is 0. The predicted octanol–water partition coefficient (Wildman–Crippen LogP) is -0.000900. The van der Waals surface area contributed by atoms with Crippen LogP contribution in [0.15, 0.2) is 23.1 Å². The normalized spacial score (nSPS) is 20.8. The fraction of sp³-hybridized carbons (Fsp3) is 0.562. The maximum atomic E-state index is 12.5. The number of carbonyl (C=O) groups is 1. The molecule has 1 aromatic carbocycles. The zero-order valence-electron chi connectivity index (χ0n) is 14.4. The maximum absolute atomic E-state index is 12.5. The van der Waals surface area contributed by atoms with Crippen LogP contribution in [0.5, 0.6) is 5.75 Å². The third-order valence-corrected chi connectivity index (χ3v) is 5.82. The molecule has 0 radical (unpaired) electrons. The number of sulfonamides is 1. The van der Waals surface area contributed by atoms with E-state index in [1.54, 1.807) is 0 Å². The highest BCUT2D eigenvalue weighted by atomic mass is 32.2. The number of ether oxygens (including phenoxy) is 1. The van der Waals surface area contributed by atoms with Gasteiger partial charge < -0.3 is 15.0 Å². The van der Waals surface area contributed by atoms with E-state index in [9.17, 15) is 13.2 Å². The third kappa shape index (κ3) is 4.46. The van der Waals surface area contributed by atoms with Gasteiger partial charge in [0.2, 0.25) is 15.9 Å². The quantitative estimate of drug-likeness (QED) is 0.642. The molecule has 1 aliphatic rings. The second kappa shape index (κ2) is 7.96. The van der Waals surface area contributed by atoms with Gasteiger partial charge in [0.1, 0.15) is 11.8 Å². The molecule has 0 saturated carbocycles. The lowest BCUT2D eigenvalue weighted by molar-refractivity contribution is -0.909. The van der Waals surface area contributed by atoms with Gasteiger partial charge >= 0.3 is 0 Å². The van der Waals surface area contributed by atoms with E-state index in [0.29, 0.717) is 24.0 Å². The van der Waals surface area contributed by atoms with Gasteiger partial charge in [-0.1, -0.05) is 0 Å². The Bertz CT molecular complexity index is 691. The Hall–Kier alpha value is -1.64. The summed E-state index contributed by atoms with van der Waals surface area (Å²) in [5.41, 5.74) is 0.446. The van der Waals surface area contributed by atoms with Crippen molar-refractivity contribution >= 4 is 21.6 Å². The minimum atomic E-state index is -3.61. The van der Waals surface area contributed by atoms with Crippen molar-refractivity contribution in [1.29, 1.82) is 0 Å². The number of hydrogen-bond donors (Lipinski definition) is 3. The van der Waals surface area contributed by atoms with Crippen molar-refractivity contribution in [2.45, 2.75) is 37.6 Å². The summed E-state index contributed by atoms with van der Waals surface area (Å²) in [5.74, 6) is 0.0700. The van der Waals surface area contributed by atoms with E-state index in [2.05, 4.69) is 17.0 Å². The highest BCUT2D eigenvalue weighted by Gasteiger charge is 2.28. The van der Waals surface area contributed by atoms with Crippen LogP contribution < -0.4 is 19.7 Å². The van der Waals surface area contributed by atoms with E-state index < -0.39 is 10.0 Å². The van der Waals surface area contributed by atoms with Crippen molar-refractivity contribution in [1.82, 2.24) is 4.72 Å². The maximum Gasteiger partial charge on any atom is 0.240 e. The number of hydrogen-bond acceptors (Lipinski definition) is 4. The standard InChI is InChI=1S/C16H25N3O4S/c1-4-19-9-5-6-13(19)11-17-24(21,22)14-7-8-15(18-12(2)20)16(10-14)23-3/h7-8,10,13,17H,4-6,9,11H2,1-3H3,(H,18,20)/p+1/t13-/m1/s1. The van der Waals surface area contributed by atoms with Crippen molar-refractivity contribution in [3.05, 3.63) is 18.2 Å². The van der Waals surface area contributed by atoms with Crippen molar-refractivity contribution in [2.75, 3.05) is 32.1 Å². The summed E-state index contributed by atoms with van der Waals surface area (Å²) in [7, 11) is -2.18. The lowest BCUT2D eigenvalue weighted by Crippen LogP contribution is -3.14. The second-order valence-electron chi connectivity index (χ2n) is 6.00. The molecular formula is C16H26N3O4S+. The van der Waals surface area contributed by atoms with Crippen LogP contribution in [0.2, 0.25) is 0 Å². The first-order chi connectivity index (χ1) is 11.4. The first kappa shape index (κ1) is 18.7. The van der Waals surface area contributed by atoms with Gasteiger partial charge in [-0.25, -0.2) is 13.1 Å². The number of rotatable bonds is 7. The zero-order chi connectivity index (χ0) is 17.7. The molecule has 8 heteroatoms. The lowest BCUT2D eigenvalue weighted by atomic mass is 10.2. The molecule has 24 heavy (non-hydrogen) atoms. The highest BCUT2D eigenvalue weighted by Crippen LogP contribution is 2.27. The second-order valence-corrected chi connectivity index (χ2v) is 7.76. The van der Waals surface area contributed by atoms with Gasteiger partial charge in [0.05, 0.1) is 37.3 Å². The molecule has 0 aliphatic carbocycles. The number of carbonyl (C=O) groups excluding carboxylic acids is 1. The van der Waals surface area contributed by atoms with Gasteiger partial charge in [-0.2, -0.15) is 0 Å². The van der Waals surface area contributed by atoms with Crippen molar-refractivity contribution < 1.29 is 22.8 Å². The van der Waals surface area contributed by atoms with E-state index in [0.717, 1.165) is 25.9 Å². The Morgan fingerprint density at radius 1 is 1.42 bits per heavy atom. The number of likely N-dealkylation sites (tertiary alicyclic amines) is 1. The van der Waals surface area contributed by atoms with Gasteiger partial charge in [-0.3, -0.25) is 4.79 Å². The first-order valence-electron chi connectivity index (χ1n) is 8.17. The average molecular weight is 356 g/mol. The molecule has 1 heterocycles. The third-order valence-electron chi connectivity index (χ3n) is 4.40. The van der Waals surface area contributed by atoms with Gasteiger partial charge in [-0.15, -0.1) is 0 Å². The minimum Gasteiger partial charge on any atom is -0.495 e. The van der Waals surface area contributed by atoms with E-state index in [1.807, 2.05) is 0 Å². The molecule has 3 N–H and O–H groups in total. The van der Waals surface area contributed by atoms with Crippen molar-refractivity contribution in [3.8, 4) is 5.75 Å². The summed E-state index contributed by atoms with van der Waals surface area (Å²) < 4.78 is 32.9. The smallest absolute Gasteiger partial charge is 0.240 e. The van der Waals surface area contributed by atoms with Gasteiger partial charge in [0, 0.05) is 25.8 Å². The molecule has 1 fully saturated rings. The molecule has 0 aromatic heterocycles. The monoisotopic (exact) mass is 356 g/mol. The van der Waals surface area contributed by atoms with Gasteiger partial charge in [0.15, 0.2) is 0 Å². The summed E-state index contributed by atoms with van der Waals surface area (Å²) in [5, 5.41) is 2.61. The van der Waals surface area contributed by atoms with E-state index in [1.165, 1.54) is 37.1 Å². The van der Waals surface area contributed by atoms with Crippen LogP contribution in [-0.2, 0) is 14.8 Å². The molecule has 2 atom stereocenters. The molecule has 0 bridgehead atoms. The van der Waals surface area contributed by atoms with E-state index in [4.69, 9.17) is 4.74 Å². The molecule has 1 unspecified atom stereocenters. The molecule has 1 saturated heterocycles. The van der Waals surface area contributed by atoms with Crippen LogP contribution in [0.1, 0.15) is 26.7 Å². The number of amides is 1. The molecule has 2 rings (SSSR count). The van der Waals surface area contributed by atoms with E-state index in [-0.39, 0.29) is 10.8 Å². The fourth-order valence-electron chi connectivity index (χ4n) is 3.12. The van der Waals surface area contributed by atoms with Crippen LogP contribution >= 0.6 is 0 Å².